The fourth-order valence-corrected chi connectivity index (χ4v) is 2.85. The average Bonchev–Trinajstić information content (AvgIpc) is 2.56. The molecule has 0 radical (unpaired) electrons. The molecule has 0 aromatic heterocycles. The molecule has 2 N–H and O–H groups in total. The monoisotopic (exact) mass is 304 g/mol. The third-order valence-corrected chi connectivity index (χ3v) is 4.26. The summed E-state index contributed by atoms with van der Waals surface area (Å²) < 4.78 is 5.50. The van der Waals surface area contributed by atoms with E-state index in [1.54, 1.807) is 0 Å². The zero-order valence-electron chi connectivity index (χ0n) is 13.0. The van der Waals surface area contributed by atoms with Crippen LogP contribution < -0.4 is 5.73 Å². The van der Waals surface area contributed by atoms with Gasteiger partial charge in [-0.1, -0.05) is 37.3 Å². The number of hydrogen-bond acceptors (Lipinski definition) is 3. The fourth-order valence-electron chi connectivity index (χ4n) is 2.85. The highest BCUT2D eigenvalue weighted by atomic mass is 16.5. The van der Waals surface area contributed by atoms with Gasteiger partial charge in [-0.2, -0.15) is 0 Å². The standard InChI is InChI=1S/C17H24N2O3/c1-2-13(14-7-4-3-5-8-14)12-22-16(20)15-9-6-10-19(11-15)17(18)21/h3-5,7-8,13,15H,2,6,9-12H2,1H3,(H2,18,21)/t13-,15-/m1/s1. The quantitative estimate of drug-likeness (QED) is 0.850. The van der Waals surface area contributed by atoms with E-state index in [0.717, 1.165) is 19.3 Å². The number of hydrogen-bond donors (Lipinski definition) is 1. The van der Waals surface area contributed by atoms with Gasteiger partial charge in [-0.15, -0.1) is 0 Å². The minimum absolute atomic E-state index is 0.209. The normalized spacial score (nSPS) is 19.5. The Labute approximate surface area is 131 Å². The lowest BCUT2D eigenvalue weighted by atomic mass is 9.96. The van der Waals surface area contributed by atoms with Gasteiger partial charge in [-0.3, -0.25) is 4.79 Å². The van der Waals surface area contributed by atoms with Crippen molar-refractivity contribution >= 4 is 12.0 Å². The van der Waals surface area contributed by atoms with Crippen LogP contribution in [0.1, 0.15) is 37.7 Å². The van der Waals surface area contributed by atoms with Gasteiger partial charge in [-0.05, 0) is 24.8 Å². The molecule has 2 atom stereocenters. The molecule has 0 unspecified atom stereocenters. The molecule has 5 nitrogen and oxygen atoms in total. The summed E-state index contributed by atoms with van der Waals surface area (Å²) in [5.74, 6) is -0.268. The highest BCUT2D eigenvalue weighted by molar-refractivity contribution is 5.76. The third kappa shape index (κ3) is 4.23. The highest BCUT2D eigenvalue weighted by Crippen LogP contribution is 2.22. The number of amides is 2. The Morgan fingerprint density at radius 2 is 2.09 bits per heavy atom. The molecule has 120 valence electrons. The lowest BCUT2D eigenvalue weighted by Gasteiger charge is -2.30. The Morgan fingerprint density at radius 1 is 1.36 bits per heavy atom. The van der Waals surface area contributed by atoms with Crippen LogP contribution in [0.4, 0.5) is 4.79 Å². The number of nitrogens with two attached hydrogens (primary N) is 1. The van der Waals surface area contributed by atoms with Gasteiger partial charge >= 0.3 is 12.0 Å². The SMILES string of the molecule is CC[C@H](COC(=O)[C@@H]1CCCN(C(N)=O)C1)c1ccccc1. The first-order valence-corrected chi connectivity index (χ1v) is 7.87. The average molecular weight is 304 g/mol. The first-order valence-electron chi connectivity index (χ1n) is 7.87. The van der Waals surface area contributed by atoms with Gasteiger partial charge in [-0.25, -0.2) is 4.79 Å². The van der Waals surface area contributed by atoms with Gasteiger partial charge < -0.3 is 15.4 Å². The lowest BCUT2D eigenvalue weighted by Crippen LogP contribution is -2.45. The summed E-state index contributed by atoms with van der Waals surface area (Å²) in [7, 11) is 0. The van der Waals surface area contributed by atoms with E-state index in [1.165, 1.54) is 10.5 Å². The molecule has 2 amide bonds. The van der Waals surface area contributed by atoms with Gasteiger partial charge in [0.2, 0.25) is 0 Å². The summed E-state index contributed by atoms with van der Waals surface area (Å²) in [5, 5.41) is 0. The summed E-state index contributed by atoms with van der Waals surface area (Å²) >= 11 is 0. The van der Waals surface area contributed by atoms with Crippen LogP contribution in [0.5, 0.6) is 0 Å². The van der Waals surface area contributed by atoms with E-state index in [0.29, 0.717) is 19.7 Å². The molecule has 1 aliphatic heterocycles. The van der Waals surface area contributed by atoms with E-state index >= 15 is 0 Å². The second-order valence-electron chi connectivity index (χ2n) is 5.77. The number of likely N-dealkylation sites (tertiary alicyclic amines) is 1. The summed E-state index contributed by atoms with van der Waals surface area (Å²) in [5.41, 5.74) is 6.46. The number of carbonyl (C=O) groups excluding carboxylic acids is 2. The Bertz CT molecular complexity index is 504. The van der Waals surface area contributed by atoms with Crippen molar-refractivity contribution in [1.82, 2.24) is 4.90 Å². The molecule has 1 saturated heterocycles. The van der Waals surface area contributed by atoms with E-state index in [4.69, 9.17) is 10.5 Å². The van der Waals surface area contributed by atoms with Gasteiger partial charge in [0.1, 0.15) is 0 Å². The van der Waals surface area contributed by atoms with Crippen LogP contribution in [-0.2, 0) is 9.53 Å². The van der Waals surface area contributed by atoms with Gasteiger partial charge in [0, 0.05) is 19.0 Å². The zero-order valence-corrected chi connectivity index (χ0v) is 13.0. The number of nitrogens with zero attached hydrogens (tertiary/aromatic N) is 1. The second-order valence-corrected chi connectivity index (χ2v) is 5.77. The molecule has 1 heterocycles. The number of primary amides is 1. The molecule has 1 aromatic carbocycles. The molecule has 5 heteroatoms. The molecule has 0 bridgehead atoms. The maximum Gasteiger partial charge on any atom is 0.314 e. The maximum atomic E-state index is 12.2. The number of piperidine rings is 1. The van der Waals surface area contributed by atoms with Crippen LogP contribution in [0, 0.1) is 5.92 Å². The fraction of sp³-hybridized carbons (Fsp3) is 0.529. The summed E-state index contributed by atoms with van der Waals surface area (Å²) in [4.78, 5) is 25.0. The van der Waals surface area contributed by atoms with E-state index in [-0.39, 0.29) is 17.8 Å². The van der Waals surface area contributed by atoms with Crippen LogP contribution >= 0.6 is 0 Å². The molecule has 22 heavy (non-hydrogen) atoms. The Hall–Kier alpha value is -2.04. The van der Waals surface area contributed by atoms with E-state index in [2.05, 4.69) is 19.1 Å². The topological polar surface area (TPSA) is 72.6 Å². The van der Waals surface area contributed by atoms with Gasteiger partial charge in [0.15, 0.2) is 0 Å². The molecule has 1 fully saturated rings. The summed E-state index contributed by atoms with van der Waals surface area (Å²) in [6, 6.07) is 9.60. The van der Waals surface area contributed by atoms with Crippen LogP contribution in [0.2, 0.25) is 0 Å². The van der Waals surface area contributed by atoms with E-state index in [1.807, 2.05) is 18.2 Å². The van der Waals surface area contributed by atoms with Crippen LogP contribution in [-0.4, -0.2) is 36.6 Å². The number of rotatable bonds is 5. The molecule has 1 aliphatic rings. The first kappa shape index (κ1) is 16.3. The molecule has 0 spiro atoms. The van der Waals surface area contributed by atoms with Crippen molar-refractivity contribution < 1.29 is 14.3 Å². The Balaban J connectivity index is 1.87. The summed E-state index contributed by atoms with van der Waals surface area (Å²) in [6.07, 6.45) is 2.46. The molecule has 0 aliphatic carbocycles. The minimum atomic E-state index is -0.465. The highest BCUT2D eigenvalue weighted by Gasteiger charge is 2.29. The minimum Gasteiger partial charge on any atom is -0.465 e. The first-order chi connectivity index (χ1) is 10.6. The lowest BCUT2D eigenvalue weighted by molar-refractivity contribution is -0.150. The van der Waals surface area contributed by atoms with Crippen molar-refractivity contribution in [2.24, 2.45) is 11.7 Å². The number of esters is 1. The Morgan fingerprint density at radius 3 is 2.73 bits per heavy atom. The third-order valence-electron chi connectivity index (χ3n) is 4.26. The number of ether oxygens (including phenoxy) is 1. The number of urea groups is 1. The van der Waals surface area contributed by atoms with Gasteiger partial charge in [0.25, 0.3) is 0 Å². The van der Waals surface area contributed by atoms with Crippen LogP contribution in [0.25, 0.3) is 0 Å². The van der Waals surface area contributed by atoms with Crippen molar-refractivity contribution in [3.8, 4) is 0 Å². The Kier molecular flexibility index (Phi) is 5.81. The second kappa shape index (κ2) is 7.82. The van der Waals surface area contributed by atoms with Crippen molar-refractivity contribution in [1.29, 1.82) is 0 Å². The van der Waals surface area contributed by atoms with E-state index in [9.17, 15) is 9.59 Å². The molecule has 0 saturated carbocycles. The number of carbonyl (C=O) groups is 2. The molecule has 1 aromatic rings. The zero-order chi connectivity index (χ0) is 15.9. The smallest absolute Gasteiger partial charge is 0.314 e. The van der Waals surface area contributed by atoms with Crippen molar-refractivity contribution in [2.45, 2.75) is 32.1 Å². The van der Waals surface area contributed by atoms with Crippen molar-refractivity contribution in [3.05, 3.63) is 35.9 Å². The predicted octanol–water partition coefficient (Wildman–Crippen LogP) is 2.51. The number of benzene rings is 1. The molecule has 2 rings (SSSR count). The van der Waals surface area contributed by atoms with Crippen LogP contribution in [0.15, 0.2) is 30.3 Å². The molecular weight excluding hydrogens is 280 g/mol. The largest absolute Gasteiger partial charge is 0.465 e. The van der Waals surface area contributed by atoms with Crippen molar-refractivity contribution in [2.75, 3.05) is 19.7 Å². The maximum absolute atomic E-state index is 12.2. The predicted molar refractivity (Wildman–Crippen MR) is 84.3 cm³/mol. The van der Waals surface area contributed by atoms with Gasteiger partial charge in [0.05, 0.1) is 12.5 Å². The van der Waals surface area contributed by atoms with E-state index < -0.39 is 6.03 Å². The van der Waals surface area contributed by atoms with Crippen molar-refractivity contribution in [3.63, 3.8) is 0 Å². The summed E-state index contributed by atoms with van der Waals surface area (Å²) in [6.45, 7) is 3.46. The van der Waals surface area contributed by atoms with Crippen LogP contribution in [0.3, 0.4) is 0 Å². The molecular formula is C17H24N2O3.